The lowest BCUT2D eigenvalue weighted by molar-refractivity contribution is -0.0134. The van der Waals surface area contributed by atoms with E-state index < -0.39 is 0 Å². The van der Waals surface area contributed by atoms with Crippen molar-refractivity contribution < 1.29 is 4.74 Å². The SMILES string of the molecule is CCCNC(c1c(Br)nnn1C)C(C)(C)OC. The summed E-state index contributed by atoms with van der Waals surface area (Å²) >= 11 is 3.44. The first kappa shape index (κ1) is 14.6. The van der Waals surface area contributed by atoms with Gasteiger partial charge < -0.3 is 10.1 Å². The van der Waals surface area contributed by atoms with E-state index in [-0.39, 0.29) is 11.6 Å². The predicted octanol–water partition coefficient (Wildman–Crippen LogP) is 2.04. The van der Waals surface area contributed by atoms with Gasteiger partial charge in [-0.2, -0.15) is 0 Å². The van der Waals surface area contributed by atoms with E-state index in [1.165, 1.54) is 0 Å². The first-order valence-electron chi connectivity index (χ1n) is 5.77. The minimum Gasteiger partial charge on any atom is -0.377 e. The Morgan fingerprint density at radius 2 is 2.18 bits per heavy atom. The van der Waals surface area contributed by atoms with Crippen LogP contribution in [0.15, 0.2) is 4.60 Å². The molecular formula is C11H21BrN4O. The molecule has 1 rings (SSSR count). The number of halogens is 1. The van der Waals surface area contributed by atoms with Gasteiger partial charge in [-0.15, -0.1) is 5.10 Å². The molecule has 0 fully saturated rings. The van der Waals surface area contributed by atoms with Crippen LogP contribution in [0.4, 0.5) is 0 Å². The number of aromatic nitrogens is 3. The second-order valence-electron chi connectivity index (χ2n) is 4.58. The lowest BCUT2D eigenvalue weighted by atomic mass is 9.95. The number of hydrogen-bond acceptors (Lipinski definition) is 4. The summed E-state index contributed by atoms with van der Waals surface area (Å²) in [6.07, 6.45) is 1.07. The van der Waals surface area contributed by atoms with Crippen LogP contribution in [0.3, 0.4) is 0 Å². The number of hydrogen-bond donors (Lipinski definition) is 1. The molecular weight excluding hydrogens is 284 g/mol. The first-order chi connectivity index (χ1) is 7.94. The number of ether oxygens (including phenoxy) is 1. The van der Waals surface area contributed by atoms with Gasteiger partial charge in [0.15, 0.2) is 4.60 Å². The van der Waals surface area contributed by atoms with Gasteiger partial charge >= 0.3 is 0 Å². The second kappa shape index (κ2) is 5.93. The van der Waals surface area contributed by atoms with Crippen LogP contribution in [0.5, 0.6) is 0 Å². The molecule has 17 heavy (non-hydrogen) atoms. The van der Waals surface area contributed by atoms with Crippen LogP contribution in [0.2, 0.25) is 0 Å². The Hall–Kier alpha value is -0.460. The number of nitrogens with one attached hydrogen (secondary N) is 1. The molecule has 1 heterocycles. The fourth-order valence-electron chi connectivity index (χ4n) is 1.72. The van der Waals surface area contributed by atoms with Gasteiger partial charge in [0.05, 0.1) is 17.3 Å². The molecule has 98 valence electrons. The molecule has 1 N–H and O–H groups in total. The Kier molecular flexibility index (Phi) is 5.09. The Morgan fingerprint density at radius 1 is 1.53 bits per heavy atom. The third-order valence-electron chi connectivity index (χ3n) is 2.92. The maximum Gasteiger partial charge on any atom is 0.153 e. The summed E-state index contributed by atoms with van der Waals surface area (Å²) in [7, 11) is 3.61. The standard InChI is InChI=1S/C11H21BrN4O/c1-6-7-13-9(11(2,3)17-5)8-10(12)14-15-16(8)4/h9,13H,6-7H2,1-5H3. The van der Waals surface area contributed by atoms with Gasteiger partial charge in [0.1, 0.15) is 0 Å². The van der Waals surface area contributed by atoms with Crippen LogP contribution in [0.25, 0.3) is 0 Å². The van der Waals surface area contributed by atoms with Crippen molar-refractivity contribution in [1.82, 2.24) is 20.3 Å². The topological polar surface area (TPSA) is 52.0 Å². The average molecular weight is 305 g/mol. The van der Waals surface area contributed by atoms with E-state index in [9.17, 15) is 0 Å². The molecule has 0 saturated carbocycles. The first-order valence-corrected chi connectivity index (χ1v) is 6.57. The summed E-state index contributed by atoms with van der Waals surface area (Å²) in [6, 6.07) is 0.0434. The van der Waals surface area contributed by atoms with Gasteiger partial charge in [0.2, 0.25) is 0 Å². The van der Waals surface area contributed by atoms with Crippen molar-refractivity contribution in [2.75, 3.05) is 13.7 Å². The number of aryl methyl sites for hydroxylation is 1. The van der Waals surface area contributed by atoms with Crippen molar-refractivity contribution in [3.63, 3.8) is 0 Å². The highest BCUT2D eigenvalue weighted by Gasteiger charge is 2.34. The second-order valence-corrected chi connectivity index (χ2v) is 5.33. The van der Waals surface area contributed by atoms with Gasteiger partial charge in [-0.05, 0) is 42.7 Å². The van der Waals surface area contributed by atoms with Gasteiger partial charge in [0.25, 0.3) is 0 Å². The van der Waals surface area contributed by atoms with Crippen molar-refractivity contribution in [3.8, 4) is 0 Å². The molecule has 0 amide bonds. The third-order valence-corrected chi connectivity index (χ3v) is 3.48. The maximum absolute atomic E-state index is 5.58. The quantitative estimate of drug-likeness (QED) is 0.874. The number of rotatable bonds is 6. The number of nitrogens with zero attached hydrogens (tertiary/aromatic N) is 3. The Balaban J connectivity index is 3.06. The summed E-state index contributed by atoms with van der Waals surface area (Å²) in [5.41, 5.74) is 0.679. The van der Waals surface area contributed by atoms with Crippen LogP contribution in [0.1, 0.15) is 38.9 Å². The fraction of sp³-hybridized carbons (Fsp3) is 0.818. The molecule has 1 unspecified atom stereocenters. The summed E-state index contributed by atoms with van der Waals surface area (Å²) in [6.45, 7) is 7.18. The van der Waals surface area contributed by atoms with E-state index >= 15 is 0 Å². The molecule has 0 radical (unpaired) electrons. The molecule has 0 spiro atoms. The van der Waals surface area contributed by atoms with E-state index in [1.807, 2.05) is 7.05 Å². The zero-order valence-corrected chi connectivity index (χ0v) is 12.7. The van der Waals surface area contributed by atoms with Crippen molar-refractivity contribution in [3.05, 3.63) is 10.3 Å². The van der Waals surface area contributed by atoms with E-state index in [0.29, 0.717) is 0 Å². The highest BCUT2D eigenvalue weighted by atomic mass is 79.9. The molecule has 0 bridgehead atoms. The lowest BCUT2D eigenvalue weighted by Gasteiger charge is -2.33. The van der Waals surface area contributed by atoms with Gasteiger partial charge in [-0.25, -0.2) is 4.68 Å². The lowest BCUT2D eigenvalue weighted by Crippen LogP contribution is -2.42. The minimum atomic E-state index is -0.326. The van der Waals surface area contributed by atoms with Crippen LogP contribution in [0, 0.1) is 0 Å². The molecule has 0 aliphatic heterocycles. The van der Waals surface area contributed by atoms with Crippen molar-refractivity contribution >= 4 is 15.9 Å². The molecule has 6 heteroatoms. The van der Waals surface area contributed by atoms with E-state index in [1.54, 1.807) is 11.8 Å². The highest BCUT2D eigenvalue weighted by Crippen LogP contribution is 2.31. The van der Waals surface area contributed by atoms with Crippen molar-refractivity contribution in [2.45, 2.75) is 38.8 Å². The maximum atomic E-state index is 5.58. The molecule has 1 atom stereocenters. The normalized spacial score (nSPS) is 14.0. The average Bonchev–Trinajstić information content (AvgIpc) is 2.61. The molecule has 0 saturated heterocycles. The minimum absolute atomic E-state index is 0.0434. The van der Waals surface area contributed by atoms with Crippen molar-refractivity contribution in [1.29, 1.82) is 0 Å². The largest absolute Gasteiger partial charge is 0.377 e. The molecule has 0 aliphatic carbocycles. The van der Waals surface area contributed by atoms with Gasteiger partial charge in [0, 0.05) is 14.2 Å². The van der Waals surface area contributed by atoms with Crippen molar-refractivity contribution in [2.24, 2.45) is 7.05 Å². The van der Waals surface area contributed by atoms with Crippen LogP contribution < -0.4 is 5.32 Å². The molecule has 5 nitrogen and oxygen atoms in total. The molecule has 1 aromatic rings. The highest BCUT2D eigenvalue weighted by molar-refractivity contribution is 9.10. The van der Waals surface area contributed by atoms with Crippen LogP contribution in [-0.2, 0) is 11.8 Å². The van der Waals surface area contributed by atoms with E-state index in [0.717, 1.165) is 23.3 Å². The number of methoxy groups -OCH3 is 1. The summed E-state index contributed by atoms with van der Waals surface area (Å²) in [4.78, 5) is 0. The smallest absolute Gasteiger partial charge is 0.153 e. The Bertz CT molecular complexity index is 345. The van der Waals surface area contributed by atoms with Crippen LogP contribution >= 0.6 is 15.9 Å². The zero-order chi connectivity index (χ0) is 13.1. The van der Waals surface area contributed by atoms with Gasteiger partial charge in [-0.1, -0.05) is 12.1 Å². The van der Waals surface area contributed by atoms with Gasteiger partial charge in [-0.3, -0.25) is 0 Å². The predicted molar refractivity (Wildman–Crippen MR) is 70.8 cm³/mol. The Labute approximate surface area is 111 Å². The molecule has 0 aromatic carbocycles. The molecule has 0 aliphatic rings. The third kappa shape index (κ3) is 3.26. The van der Waals surface area contributed by atoms with Crippen LogP contribution in [-0.4, -0.2) is 34.2 Å². The Morgan fingerprint density at radius 3 is 2.59 bits per heavy atom. The van der Waals surface area contributed by atoms with E-state index in [4.69, 9.17) is 4.74 Å². The zero-order valence-electron chi connectivity index (χ0n) is 11.1. The molecule has 1 aromatic heterocycles. The fourth-order valence-corrected chi connectivity index (χ4v) is 2.28. The summed E-state index contributed by atoms with van der Waals surface area (Å²) in [5, 5.41) is 11.5. The monoisotopic (exact) mass is 304 g/mol. The van der Waals surface area contributed by atoms with E-state index in [2.05, 4.69) is 52.3 Å². The summed E-state index contributed by atoms with van der Waals surface area (Å²) in [5.74, 6) is 0. The summed E-state index contributed by atoms with van der Waals surface area (Å²) < 4.78 is 8.12.